The van der Waals surface area contributed by atoms with Gasteiger partial charge in [0.2, 0.25) is 10.0 Å². The number of sulfonamides is 1. The van der Waals surface area contributed by atoms with Gasteiger partial charge in [-0.05, 0) is 42.3 Å². The van der Waals surface area contributed by atoms with E-state index in [0.29, 0.717) is 28.0 Å². The molecule has 28 heavy (non-hydrogen) atoms. The predicted molar refractivity (Wildman–Crippen MR) is 111 cm³/mol. The van der Waals surface area contributed by atoms with Gasteiger partial charge in [-0.2, -0.15) is 0 Å². The van der Waals surface area contributed by atoms with Gasteiger partial charge in [0.1, 0.15) is 0 Å². The molecule has 0 bridgehead atoms. The first-order valence-corrected chi connectivity index (χ1v) is 10.9. The number of fused-ring (bicyclic) bond motifs is 1. The molecule has 0 amide bonds. The lowest BCUT2D eigenvalue weighted by Gasteiger charge is -2.33. The number of esters is 1. The molecule has 2 aromatic carbocycles. The molecule has 0 radical (unpaired) electrons. The van der Waals surface area contributed by atoms with Crippen LogP contribution in [-0.2, 0) is 25.1 Å². The molecule has 0 aliphatic heterocycles. The van der Waals surface area contributed by atoms with E-state index in [2.05, 4.69) is 4.72 Å². The molecule has 8 heteroatoms. The molecule has 1 atom stereocenters. The maximum atomic E-state index is 13.0. The van der Waals surface area contributed by atoms with E-state index in [1.54, 1.807) is 48.7 Å². The van der Waals surface area contributed by atoms with Crippen molar-refractivity contribution >= 4 is 44.2 Å². The predicted octanol–water partition coefficient (Wildman–Crippen LogP) is 3.99. The Hall–Kier alpha value is -2.51. The van der Waals surface area contributed by atoms with Gasteiger partial charge < -0.3 is 9.30 Å². The van der Waals surface area contributed by atoms with Gasteiger partial charge in [0.15, 0.2) is 5.54 Å². The first-order valence-electron chi connectivity index (χ1n) is 8.65. The fourth-order valence-corrected chi connectivity index (χ4v) is 4.26. The van der Waals surface area contributed by atoms with Gasteiger partial charge in [-0.3, -0.25) is 4.72 Å². The topological polar surface area (TPSA) is 77.4 Å². The Balaban J connectivity index is 2.30. The van der Waals surface area contributed by atoms with Crippen molar-refractivity contribution < 1.29 is 17.9 Å². The Bertz CT molecular complexity index is 1120. The summed E-state index contributed by atoms with van der Waals surface area (Å²) in [4.78, 5) is 13.0. The minimum atomic E-state index is -3.44. The largest absolute Gasteiger partial charge is 0.467 e. The van der Waals surface area contributed by atoms with Crippen molar-refractivity contribution in [3.63, 3.8) is 0 Å². The number of halogens is 1. The van der Waals surface area contributed by atoms with Crippen LogP contribution in [0.1, 0.15) is 18.9 Å². The highest BCUT2D eigenvalue weighted by Crippen LogP contribution is 2.37. The lowest BCUT2D eigenvalue weighted by Crippen LogP contribution is -2.43. The highest BCUT2D eigenvalue weighted by Gasteiger charge is 2.42. The molecule has 0 fully saturated rings. The standard InChI is InChI=1S/C20H21ClN2O4S/c1-4-20(19(24)27-2,14-8-10-15(21)11-9-14)23-13-12-16-17(22-28(3,25)26)6-5-7-18(16)23/h5-13,22H,4H2,1-3H3/t20-/m0/s1. The first kappa shape index (κ1) is 20.2. The average molecular weight is 421 g/mol. The van der Waals surface area contributed by atoms with Crippen LogP contribution in [0.2, 0.25) is 5.02 Å². The Morgan fingerprint density at radius 3 is 2.43 bits per heavy atom. The number of methoxy groups -OCH3 is 1. The molecule has 1 N–H and O–H groups in total. The molecule has 0 saturated heterocycles. The molecular weight excluding hydrogens is 400 g/mol. The van der Waals surface area contributed by atoms with Crippen LogP contribution < -0.4 is 4.72 Å². The summed E-state index contributed by atoms with van der Waals surface area (Å²) in [6, 6.07) is 14.1. The first-order chi connectivity index (χ1) is 13.2. The SMILES string of the molecule is CC[C@@](C(=O)OC)(c1ccc(Cl)cc1)n1ccc2c(NS(C)(=O)=O)cccc21. The maximum absolute atomic E-state index is 13.0. The Morgan fingerprint density at radius 2 is 1.86 bits per heavy atom. The fraction of sp³-hybridized carbons (Fsp3) is 0.250. The minimum absolute atomic E-state index is 0.420. The van der Waals surface area contributed by atoms with Gasteiger partial charge in [-0.25, -0.2) is 13.2 Å². The van der Waals surface area contributed by atoms with E-state index < -0.39 is 21.5 Å². The summed E-state index contributed by atoms with van der Waals surface area (Å²) in [6.07, 6.45) is 3.29. The maximum Gasteiger partial charge on any atom is 0.336 e. The number of anilines is 1. The van der Waals surface area contributed by atoms with Gasteiger partial charge in [-0.15, -0.1) is 0 Å². The Labute approximate surface area is 169 Å². The summed E-state index contributed by atoms with van der Waals surface area (Å²) in [5.41, 5.74) is 0.760. The second-order valence-electron chi connectivity index (χ2n) is 6.51. The van der Waals surface area contributed by atoms with Gasteiger partial charge in [-0.1, -0.05) is 36.7 Å². The van der Waals surface area contributed by atoms with E-state index in [1.165, 1.54) is 7.11 Å². The number of hydrogen-bond acceptors (Lipinski definition) is 4. The molecular formula is C20H21ClN2O4S. The van der Waals surface area contributed by atoms with Gasteiger partial charge >= 0.3 is 5.97 Å². The van der Waals surface area contributed by atoms with Crippen LogP contribution in [0.25, 0.3) is 10.9 Å². The number of hydrogen-bond donors (Lipinski definition) is 1. The molecule has 0 saturated carbocycles. The van der Waals surface area contributed by atoms with Crippen molar-refractivity contribution in [2.24, 2.45) is 0 Å². The smallest absolute Gasteiger partial charge is 0.336 e. The van der Waals surface area contributed by atoms with Gasteiger partial charge in [0, 0.05) is 16.6 Å². The molecule has 3 aromatic rings. The van der Waals surface area contributed by atoms with Crippen LogP contribution >= 0.6 is 11.6 Å². The van der Waals surface area contributed by atoms with Crippen molar-refractivity contribution in [3.05, 3.63) is 65.3 Å². The molecule has 0 spiro atoms. The zero-order chi connectivity index (χ0) is 20.5. The third kappa shape index (κ3) is 3.47. The lowest BCUT2D eigenvalue weighted by molar-refractivity contribution is -0.149. The minimum Gasteiger partial charge on any atom is -0.467 e. The molecule has 3 rings (SSSR count). The third-order valence-corrected chi connectivity index (χ3v) is 5.64. The molecule has 6 nitrogen and oxygen atoms in total. The van der Waals surface area contributed by atoms with Crippen molar-refractivity contribution in [2.45, 2.75) is 18.9 Å². The monoisotopic (exact) mass is 420 g/mol. The summed E-state index contributed by atoms with van der Waals surface area (Å²) >= 11 is 6.03. The van der Waals surface area contributed by atoms with Crippen molar-refractivity contribution in [3.8, 4) is 0 Å². The van der Waals surface area contributed by atoms with Crippen molar-refractivity contribution in [1.29, 1.82) is 0 Å². The van der Waals surface area contributed by atoms with Crippen LogP contribution in [0, 0.1) is 0 Å². The number of rotatable bonds is 6. The van der Waals surface area contributed by atoms with E-state index >= 15 is 0 Å². The van der Waals surface area contributed by atoms with Crippen molar-refractivity contribution in [2.75, 3.05) is 18.1 Å². The highest BCUT2D eigenvalue weighted by molar-refractivity contribution is 7.92. The van der Waals surface area contributed by atoms with E-state index in [4.69, 9.17) is 16.3 Å². The van der Waals surface area contributed by atoms with Gasteiger partial charge in [0.25, 0.3) is 0 Å². The van der Waals surface area contributed by atoms with Crippen molar-refractivity contribution in [1.82, 2.24) is 4.57 Å². The highest BCUT2D eigenvalue weighted by atomic mass is 35.5. The van der Waals surface area contributed by atoms with Crippen LogP contribution in [0.15, 0.2) is 54.7 Å². The summed E-state index contributed by atoms with van der Waals surface area (Å²) in [6.45, 7) is 1.90. The molecule has 1 aromatic heterocycles. The second kappa shape index (κ2) is 7.48. The zero-order valence-electron chi connectivity index (χ0n) is 15.8. The van der Waals surface area contributed by atoms with E-state index in [-0.39, 0.29) is 0 Å². The number of aromatic nitrogens is 1. The van der Waals surface area contributed by atoms with E-state index in [0.717, 1.165) is 11.8 Å². The number of benzene rings is 2. The quantitative estimate of drug-likeness (QED) is 0.611. The van der Waals surface area contributed by atoms with Crippen LogP contribution in [0.3, 0.4) is 0 Å². The molecule has 0 unspecified atom stereocenters. The van der Waals surface area contributed by atoms with E-state index in [1.807, 2.05) is 17.6 Å². The van der Waals surface area contributed by atoms with Crippen LogP contribution in [0.4, 0.5) is 5.69 Å². The molecule has 0 aliphatic rings. The normalized spacial score (nSPS) is 13.9. The summed E-state index contributed by atoms with van der Waals surface area (Å²) in [5.74, 6) is -0.420. The summed E-state index contributed by atoms with van der Waals surface area (Å²) < 4.78 is 32.9. The Kier molecular flexibility index (Phi) is 5.41. The zero-order valence-corrected chi connectivity index (χ0v) is 17.3. The summed E-state index contributed by atoms with van der Waals surface area (Å²) in [7, 11) is -2.09. The lowest BCUT2D eigenvalue weighted by atomic mass is 9.86. The van der Waals surface area contributed by atoms with Crippen LogP contribution in [-0.4, -0.2) is 32.3 Å². The number of carbonyl (C=O) groups excluding carboxylic acids is 1. The molecule has 148 valence electrons. The number of nitrogens with one attached hydrogen (secondary N) is 1. The molecule has 1 heterocycles. The van der Waals surface area contributed by atoms with Crippen LogP contribution in [0.5, 0.6) is 0 Å². The number of carbonyl (C=O) groups is 1. The fourth-order valence-electron chi connectivity index (χ4n) is 3.56. The molecule has 0 aliphatic carbocycles. The third-order valence-electron chi connectivity index (χ3n) is 4.80. The average Bonchev–Trinajstić information content (AvgIpc) is 3.08. The number of nitrogens with zero attached hydrogens (tertiary/aromatic N) is 1. The van der Waals surface area contributed by atoms with Gasteiger partial charge in [0.05, 0.1) is 24.6 Å². The van der Waals surface area contributed by atoms with E-state index in [9.17, 15) is 13.2 Å². The second-order valence-corrected chi connectivity index (χ2v) is 8.70. The number of ether oxygens (including phenoxy) is 1. The Morgan fingerprint density at radius 1 is 1.18 bits per heavy atom. The summed E-state index contributed by atoms with van der Waals surface area (Å²) in [5, 5.41) is 1.25.